The monoisotopic (exact) mass is 201 g/mol. The largest absolute Gasteiger partial charge is 0.399 e. The van der Waals surface area contributed by atoms with E-state index in [4.69, 9.17) is 22.5 Å². The zero-order valence-electron chi connectivity index (χ0n) is 6.76. The van der Waals surface area contributed by atoms with Crippen LogP contribution in [0.3, 0.4) is 0 Å². The Bertz CT molecular complexity index is 365. The number of ether oxygens (including phenoxy) is 1. The molecule has 0 bridgehead atoms. The smallest absolute Gasteiger partial charge is 0.292 e. The van der Waals surface area contributed by atoms with E-state index < -0.39 is 21.7 Å². The molecule has 2 rings (SSSR count). The molecule has 0 amide bonds. The van der Waals surface area contributed by atoms with Crippen LogP contribution < -0.4 is 5.73 Å². The number of nitrogens with two attached hydrogens (primary N) is 1. The summed E-state index contributed by atoms with van der Waals surface area (Å²) in [5, 5.41) is 0.911. The molecule has 0 unspecified atom stereocenters. The van der Waals surface area contributed by atoms with Crippen LogP contribution in [0.25, 0.3) is 0 Å². The van der Waals surface area contributed by atoms with Gasteiger partial charge in [-0.15, -0.1) is 0 Å². The van der Waals surface area contributed by atoms with Crippen molar-refractivity contribution in [3.05, 3.63) is 11.1 Å². The topological polar surface area (TPSA) is 78.6 Å². The van der Waals surface area contributed by atoms with Gasteiger partial charge >= 0.3 is 0 Å². The number of hydrogen-bond acceptors (Lipinski definition) is 5. The Labute approximate surface area is 77.4 Å². The molecule has 13 heavy (non-hydrogen) atoms. The average Bonchev–Trinajstić information content (AvgIpc) is 2.39. The molecule has 0 saturated carbocycles. The Morgan fingerprint density at radius 1 is 1.69 bits per heavy atom. The van der Waals surface area contributed by atoms with Crippen LogP contribution >= 0.6 is 0 Å². The van der Waals surface area contributed by atoms with Gasteiger partial charge in [0.2, 0.25) is 0 Å². The van der Waals surface area contributed by atoms with Gasteiger partial charge in [0, 0.05) is 12.4 Å². The predicted octanol–water partition coefficient (Wildman–Crippen LogP) is -1.20. The third-order valence-electron chi connectivity index (χ3n) is 2.13. The first-order valence-electron chi connectivity index (χ1n) is 3.74. The van der Waals surface area contributed by atoms with Crippen LogP contribution in [0, 0.1) is 0 Å². The summed E-state index contributed by atoms with van der Waals surface area (Å²) >= 11 is 0. The van der Waals surface area contributed by atoms with E-state index in [9.17, 15) is 8.42 Å². The molecule has 1 saturated heterocycles. The van der Waals surface area contributed by atoms with E-state index in [0.29, 0.717) is 0 Å². The maximum absolute atomic E-state index is 11.0. The lowest BCUT2D eigenvalue weighted by molar-refractivity contribution is 0.0883. The molecule has 0 aromatic heterocycles. The molecule has 1 spiro atoms. The summed E-state index contributed by atoms with van der Waals surface area (Å²) in [5.74, 6) is 0. The first kappa shape index (κ1) is 9.05. The van der Waals surface area contributed by atoms with Crippen molar-refractivity contribution in [3.63, 3.8) is 0 Å². The first-order valence-corrected chi connectivity index (χ1v) is 5.21. The second-order valence-corrected chi connectivity index (χ2v) is 4.59. The molecule has 70 valence electrons. The lowest BCUT2D eigenvalue weighted by Crippen LogP contribution is -2.36. The first-order chi connectivity index (χ1) is 5.94. The third-order valence-corrected chi connectivity index (χ3v) is 3.23. The van der Waals surface area contributed by atoms with Gasteiger partial charge in [-0.2, -0.15) is 8.42 Å². The fourth-order valence-corrected chi connectivity index (χ4v) is 2.73. The highest BCUT2D eigenvalue weighted by atomic mass is 32.2. The average molecular weight is 201 g/mol. The van der Waals surface area contributed by atoms with Crippen LogP contribution in [-0.2, 0) is 19.0 Å². The van der Waals surface area contributed by atoms with Crippen molar-refractivity contribution in [1.29, 1.82) is 0 Å². The highest BCUT2D eigenvalue weighted by molar-refractivity contribution is 7.90. The maximum Gasteiger partial charge on any atom is 0.292 e. The molecule has 0 aromatic rings. The summed E-state index contributed by atoms with van der Waals surface area (Å²) in [6.45, 7) is 0.0930. The van der Waals surface area contributed by atoms with E-state index in [1.54, 1.807) is 0 Å². The predicted molar refractivity (Wildman–Crippen MR) is 45.1 cm³/mol. The second-order valence-electron chi connectivity index (χ2n) is 3.20. The minimum Gasteiger partial charge on any atom is -0.399 e. The Balaban J connectivity index is 2.34. The number of rotatable bonds is 0. The van der Waals surface area contributed by atoms with Crippen molar-refractivity contribution >= 4 is 18.0 Å². The van der Waals surface area contributed by atoms with Crippen LogP contribution in [0.2, 0.25) is 0 Å². The molecule has 7 heteroatoms. The van der Waals surface area contributed by atoms with Crippen molar-refractivity contribution in [1.82, 2.24) is 0 Å². The standard InChI is InChI=1S/C6H8BNO4S/c7-5-1-6(3-11-5)4(8)2-13(9,10)12-6/h2,5H,1,3,8H2/t5-,6+/m1/s1. The van der Waals surface area contributed by atoms with Crippen molar-refractivity contribution in [2.24, 2.45) is 5.73 Å². The molecule has 2 heterocycles. The van der Waals surface area contributed by atoms with Gasteiger partial charge in [0.1, 0.15) is 7.85 Å². The molecule has 0 aliphatic carbocycles. The minimum atomic E-state index is -3.63. The Morgan fingerprint density at radius 2 is 2.38 bits per heavy atom. The molecular formula is C6H8BNO4S. The van der Waals surface area contributed by atoms with E-state index in [-0.39, 0.29) is 18.7 Å². The van der Waals surface area contributed by atoms with Gasteiger partial charge in [-0.3, -0.25) is 4.18 Å². The lowest BCUT2D eigenvalue weighted by Gasteiger charge is -2.20. The van der Waals surface area contributed by atoms with Gasteiger partial charge in [-0.05, 0) is 0 Å². The van der Waals surface area contributed by atoms with E-state index in [0.717, 1.165) is 5.41 Å². The molecule has 2 N–H and O–H groups in total. The number of hydrogen-bond donors (Lipinski definition) is 1. The molecule has 0 aromatic carbocycles. The Hall–Kier alpha value is -0.525. The molecule has 2 atom stereocenters. The molecule has 2 radical (unpaired) electrons. The van der Waals surface area contributed by atoms with Gasteiger partial charge in [0.25, 0.3) is 10.1 Å². The summed E-state index contributed by atoms with van der Waals surface area (Å²) in [6.07, 6.45) is 0.272. The SMILES string of the molecule is [B][C@H]1C[C@@]2(CO1)OS(=O)(=O)C=C2N. The van der Waals surface area contributed by atoms with Crippen LogP contribution in [0.4, 0.5) is 0 Å². The van der Waals surface area contributed by atoms with E-state index in [1.165, 1.54) is 0 Å². The van der Waals surface area contributed by atoms with Crippen LogP contribution in [0.5, 0.6) is 0 Å². The molecule has 5 nitrogen and oxygen atoms in total. The highest BCUT2D eigenvalue weighted by Gasteiger charge is 2.49. The van der Waals surface area contributed by atoms with Crippen LogP contribution in [0.15, 0.2) is 11.1 Å². The van der Waals surface area contributed by atoms with Crippen molar-refractivity contribution < 1.29 is 17.3 Å². The summed E-state index contributed by atoms with van der Waals surface area (Å²) in [6, 6.07) is -0.514. The zero-order valence-corrected chi connectivity index (χ0v) is 7.58. The van der Waals surface area contributed by atoms with E-state index >= 15 is 0 Å². The van der Waals surface area contributed by atoms with Gasteiger partial charge in [-0.1, -0.05) is 0 Å². The summed E-state index contributed by atoms with van der Waals surface area (Å²) < 4.78 is 31.9. The van der Waals surface area contributed by atoms with E-state index in [2.05, 4.69) is 0 Å². The summed E-state index contributed by atoms with van der Waals surface area (Å²) in [5.41, 5.74) is 4.66. The molecular weight excluding hydrogens is 193 g/mol. The molecule has 2 aliphatic rings. The maximum atomic E-state index is 11.0. The molecule has 2 aliphatic heterocycles. The van der Waals surface area contributed by atoms with Crippen molar-refractivity contribution in [2.75, 3.05) is 6.61 Å². The minimum absolute atomic E-state index is 0.0930. The van der Waals surface area contributed by atoms with Gasteiger partial charge in [0.05, 0.1) is 17.7 Å². The van der Waals surface area contributed by atoms with Crippen molar-refractivity contribution in [2.45, 2.75) is 18.0 Å². The van der Waals surface area contributed by atoms with Crippen LogP contribution in [-0.4, -0.2) is 34.5 Å². The summed E-state index contributed by atoms with van der Waals surface area (Å²) in [4.78, 5) is 0. The highest BCUT2D eigenvalue weighted by Crippen LogP contribution is 2.37. The normalized spacial score (nSPS) is 42.5. The van der Waals surface area contributed by atoms with Gasteiger partial charge in [-0.25, -0.2) is 0 Å². The van der Waals surface area contributed by atoms with E-state index in [1.807, 2.05) is 0 Å². The van der Waals surface area contributed by atoms with Gasteiger partial charge < -0.3 is 10.5 Å². The Morgan fingerprint density at radius 3 is 2.77 bits per heavy atom. The molecule has 1 fully saturated rings. The Kier molecular flexibility index (Phi) is 1.73. The van der Waals surface area contributed by atoms with Crippen LogP contribution in [0.1, 0.15) is 6.42 Å². The third kappa shape index (κ3) is 1.36. The second kappa shape index (κ2) is 2.49. The van der Waals surface area contributed by atoms with Crippen molar-refractivity contribution in [3.8, 4) is 0 Å². The summed E-state index contributed by atoms with van der Waals surface area (Å²) in [7, 11) is 1.83. The van der Waals surface area contributed by atoms with Gasteiger partial charge in [0.15, 0.2) is 5.60 Å². The fourth-order valence-electron chi connectivity index (χ4n) is 1.50. The fraction of sp³-hybridized carbons (Fsp3) is 0.667. The lowest BCUT2D eigenvalue weighted by atomic mass is 9.89. The zero-order chi connectivity index (χ0) is 9.69. The quantitative estimate of drug-likeness (QED) is 0.393.